The topological polar surface area (TPSA) is 9.23 Å². The zero-order valence-electron chi connectivity index (χ0n) is 20.5. The average molecular weight is 441 g/mol. The van der Waals surface area contributed by atoms with Crippen molar-refractivity contribution in [3.05, 3.63) is 89.0 Å². The van der Waals surface area contributed by atoms with Gasteiger partial charge in [0.25, 0.3) is 0 Å². The summed E-state index contributed by atoms with van der Waals surface area (Å²) >= 11 is 0. The fraction of sp³-hybridized carbons (Fsp3) is 0.333. The van der Waals surface area contributed by atoms with Crippen molar-refractivity contribution in [2.75, 3.05) is 0 Å². The normalized spacial score (nSPS) is 13.3. The van der Waals surface area contributed by atoms with E-state index in [0.29, 0.717) is 0 Å². The van der Waals surface area contributed by atoms with Crippen LogP contribution in [0.5, 0.6) is 11.5 Å². The monoisotopic (exact) mass is 440 g/mol. The van der Waals surface area contributed by atoms with Gasteiger partial charge in [0.1, 0.15) is 19.6 Å². The van der Waals surface area contributed by atoms with E-state index < -0.39 is 8.07 Å². The summed E-state index contributed by atoms with van der Waals surface area (Å²) < 4.78 is 6.79. The standard InChI is InChI=1S/C30H36OSi/c1-7-32(8-2,27-19-13-15-23-14-12-18-25(23)27)28-21-22(3)20-26(30(4,5)6)29(28)31-24-16-10-9-11-17-24/h9-13,15-21H,7-8,14H2,1-6H3. The van der Waals surface area contributed by atoms with Gasteiger partial charge >= 0.3 is 0 Å². The zero-order valence-corrected chi connectivity index (χ0v) is 21.5. The number of allylic oxidation sites excluding steroid dienone is 1. The van der Waals surface area contributed by atoms with Gasteiger partial charge in [-0.15, -0.1) is 0 Å². The molecule has 0 atom stereocenters. The lowest BCUT2D eigenvalue weighted by Gasteiger charge is -2.36. The summed E-state index contributed by atoms with van der Waals surface area (Å²) in [5.74, 6) is 2.00. The van der Waals surface area contributed by atoms with Gasteiger partial charge in [0.2, 0.25) is 0 Å². The summed E-state index contributed by atoms with van der Waals surface area (Å²) in [6.45, 7) is 13.9. The first-order valence-corrected chi connectivity index (χ1v) is 14.4. The number of ether oxygens (including phenoxy) is 1. The Morgan fingerprint density at radius 1 is 0.875 bits per heavy atom. The first-order chi connectivity index (χ1) is 15.3. The molecular weight excluding hydrogens is 404 g/mol. The van der Waals surface area contributed by atoms with Gasteiger partial charge in [-0.1, -0.05) is 113 Å². The maximum Gasteiger partial charge on any atom is 0.130 e. The number of hydrogen-bond donors (Lipinski definition) is 0. The quantitative estimate of drug-likeness (QED) is 0.367. The predicted octanol–water partition coefficient (Wildman–Crippen LogP) is 7.26. The smallest absolute Gasteiger partial charge is 0.130 e. The van der Waals surface area contributed by atoms with E-state index in [1.165, 1.54) is 27.4 Å². The van der Waals surface area contributed by atoms with Crippen LogP contribution in [0.2, 0.25) is 12.1 Å². The fourth-order valence-corrected chi connectivity index (χ4v) is 9.88. The van der Waals surface area contributed by atoms with Crippen LogP contribution in [0.4, 0.5) is 0 Å². The molecule has 0 unspecified atom stereocenters. The molecule has 0 spiro atoms. The van der Waals surface area contributed by atoms with Crippen molar-refractivity contribution in [1.29, 1.82) is 0 Å². The van der Waals surface area contributed by atoms with E-state index in [0.717, 1.165) is 30.0 Å². The van der Waals surface area contributed by atoms with E-state index in [-0.39, 0.29) is 5.41 Å². The van der Waals surface area contributed by atoms with Crippen molar-refractivity contribution in [3.8, 4) is 11.5 Å². The number of fused-ring (bicyclic) bond motifs is 1. The van der Waals surface area contributed by atoms with Gasteiger partial charge in [-0.2, -0.15) is 0 Å². The molecule has 2 heteroatoms. The van der Waals surface area contributed by atoms with E-state index in [1.54, 1.807) is 5.19 Å². The number of benzene rings is 3. The van der Waals surface area contributed by atoms with Crippen molar-refractivity contribution in [3.63, 3.8) is 0 Å². The molecule has 0 saturated heterocycles. The van der Waals surface area contributed by atoms with Crippen LogP contribution in [0.3, 0.4) is 0 Å². The van der Waals surface area contributed by atoms with E-state index in [9.17, 15) is 0 Å². The summed E-state index contributed by atoms with van der Waals surface area (Å²) in [5.41, 5.74) is 5.55. The molecule has 0 heterocycles. The van der Waals surface area contributed by atoms with Crippen LogP contribution >= 0.6 is 0 Å². The van der Waals surface area contributed by atoms with Gasteiger partial charge in [0.15, 0.2) is 0 Å². The molecule has 0 radical (unpaired) electrons. The largest absolute Gasteiger partial charge is 0.457 e. The minimum absolute atomic E-state index is 0.00888. The molecule has 0 aromatic heterocycles. The molecule has 0 N–H and O–H groups in total. The van der Waals surface area contributed by atoms with Gasteiger partial charge in [-0.25, -0.2) is 0 Å². The molecule has 0 saturated carbocycles. The summed E-state index contributed by atoms with van der Waals surface area (Å²) in [5, 5.41) is 3.02. The second kappa shape index (κ2) is 8.75. The number of para-hydroxylation sites is 1. The van der Waals surface area contributed by atoms with Crippen LogP contribution in [0.15, 0.2) is 66.7 Å². The highest BCUT2D eigenvalue weighted by Crippen LogP contribution is 2.37. The Balaban J connectivity index is 2.03. The Morgan fingerprint density at radius 2 is 1.59 bits per heavy atom. The highest BCUT2D eigenvalue weighted by molar-refractivity contribution is 7.03. The third kappa shape index (κ3) is 3.97. The molecule has 0 bridgehead atoms. The minimum atomic E-state index is -2.07. The first kappa shape index (κ1) is 22.6. The van der Waals surface area contributed by atoms with Crippen LogP contribution < -0.4 is 15.1 Å². The number of aryl methyl sites for hydroxylation is 1. The maximum absolute atomic E-state index is 6.79. The third-order valence-corrected chi connectivity index (χ3v) is 12.3. The van der Waals surface area contributed by atoms with Gasteiger partial charge < -0.3 is 4.74 Å². The molecule has 4 rings (SSSR count). The summed E-state index contributed by atoms with van der Waals surface area (Å²) in [6, 6.07) is 24.3. The van der Waals surface area contributed by atoms with Crippen LogP contribution in [-0.2, 0) is 11.8 Å². The van der Waals surface area contributed by atoms with E-state index in [4.69, 9.17) is 4.74 Å². The Labute approximate surface area is 195 Å². The highest BCUT2D eigenvalue weighted by Gasteiger charge is 2.40. The SMILES string of the molecule is CC[Si](CC)(c1cccc2c1C=CC2)c1cc(C)cc(C(C)(C)C)c1Oc1ccccc1. The van der Waals surface area contributed by atoms with Crippen LogP contribution in [-0.4, -0.2) is 8.07 Å². The lowest BCUT2D eigenvalue weighted by atomic mass is 9.85. The van der Waals surface area contributed by atoms with Crippen molar-refractivity contribution in [2.45, 2.75) is 65.5 Å². The van der Waals surface area contributed by atoms with Crippen LogP contribution in [0.1, 0.15) is 56.9 Å². The number of hydrogen-bond acceptors (Lipinski definition) is 1. The molecule has 0 fully saturated rings. The molecule has 1 aliphatic carbocycles. The average Bonchev–Trinajstić information content (AvgIpc) is 3.26. The van der Waals surface area contributed by atoms with E-state index >= 15 is 0 Å². The van der Waals surface area contributed by atoms with Crippen molar-refractivity contribution < 1.29 is 4.74 Å². The Kier molecular flexibility index (Phi) is 6.18. The maximum atomic E-state index is 6.79. The third-order valence-electron chi connectivity index (χ3n) is 7.06. The van der Waals surface area contributed by atoms with E-state index in [1.807, 2.05) is 6.07 Å². The van der Waals surface area contributed by atoms with Crippen LogP contribution in [0.25, 0.3) is 6.08 Å². The minimum Gasteiger partial charge on any atom is -0.457 e. The molecule has 32 heavy (non-hydrogen) atoms. The Hall–Kier alpha value is -2.58. The molecule has 0 amide bonds. The highest BCUT2D eigenvalue weighted by atomic mass is 28.3. The lowest BCUT2D eigenvalue weighted by Crippen LogP contribution is -2.59. The van der Waals surface area contributed by atoms with Gasteiger partial charge in [-0.05, 0) is 52.4 Å². The molecule has 3 aromatic carbocycles. The Morgan fingerprint density at radius 3 is 2.25 bits per heavy atom. The summed E-state index contributed by atoms with van der Waals surface area (Å²) in [4.78, 5) is 0. The first-order valence-electron chi connectivity index (χ1n) is 12.0. The van der Waals surface area contributed by atoms with Gasteiger partial charge in [-0.3, -0.25) is 0 Å². The summed E-state index contributed by atoms with van der Waals surface area (Å²) in [6.07, 6.45) is 5.72. The molecule has 0 aliphatic heterocycles. The van der Waals surface area contributed by atoms with Gasteiger partial charge in [0, 0.05) is 5.56 Å². The summed E-state index contributed by atoms with van der Waals surface area (Å²) in [7, 11) is -2.07. The molecule has 1 nitrogen and oxygen atoms in total. The predicted molar refractivity (Wildman–Crippen MR) is 142 cm³/mol. The fourth-order valence-electron chi connectivity index (χ4n) is 5.27. The molecule has 166 valence electrons. The van der Waals surface area contributed by atoms with Crippen molar-refractivity contribution >= 4 is 24.5 Å². The van der Waals surface area contributed by atoms with E-state index in [2.05, 4.69) is 108 Å². The van der Waals surface area contributed by atoms with Crippen LogP contribution in [0, 0.1) is 6.92 Å². The second-order valence-electron chi connectivity index (χ2n) is 10.1. The lowest BCUT2D eigenvalue weighted by molar-refractivity contribution is 0.458. The zero-order chi connectivity index (χ0) is 22.9. The molecule has 1 aliphatic rings. The van der Waals surface area contributed by atoms with Crippen molar-refractivity contribution in [1.82, 2.24) is 0 Å². The number of rotatable bonds is 6. The molecule has 3 aromatic rings. The molecular formula is C30H36OSi. The van der Waals surface area contributed by atoms with Crippen molar-refractivity contribution in [2.24, 2.45) is 0 Å². The van der Waals surface area contributed by atoms with Gasteiger partial charge in [0.05, 0.1) is 0 Å². The Bertz CT molecular complexity index is 1130. The second-order valence-corrected chi connectivity index (χ2v) is 14.8.